The summed E-state index contributed by atoms with van der Waals surface area (Å²) < 4.78 is 0. The molecule has 0 saturated heterocycles. The van der Waals surface area contributed by atoms with Crippen molar-refractivity contribution < 1.29 is 0 Å². The lowest BCUT2D eigenvalue weighted by Gasteiger charge is -2.02. The first-order valence-corrected chi connectivity index (χ1v) is 7.05. The number of thiophene rings is 1. The second-order valence-electron chi connectivity index (χ2n) is 4.37. The largest absolute Gasteiger partial charge is 0.360 e. The van der Waals surface area contributed by atoms with E-state index >= 15 is 0 Å². The zero-order chi connectivity index (χ0) is 12.4. The number of H-pyrrole nitrogens is 1. The SMILES string of the molecule is CNCCc1c[nH]c2c(-c3cccs3)cccc12. The quantitative estimate of drug-likeness (QED) is 0.732. The van der Waals surface area contributed by atoms with Gasteiger partial charge >= 0.3 is 0 Å². The van der Waals surface area contributed by atoms with E-state index in [0.717, 1.165) is 13.0 Å². The van der Waals surface area contributed by atoms with Gasteiger partial charge in [0.05, 0.1) is 5.52 Å². The molecule has 0 aliphatic heterocycles. The predicted octanol–water partition coefficient (Wildman–Crippen LogP) is 3.66. The molecule has 1 aromatic carbocycles. The number of para-hydroxylation sites is 1. The zero-order valence-corrected chi connectivity index (χ0v) is 11.2. The molecule has 0 amide bonds. The van der Waals surface area contributed by atoms with Crippen LogP contribution in [0.25, 0.3) is 21.3 Å². The van der Waals surface area contributed by atoms with Crippen molar-refractivity contribution >= 4 is 22.2 Å². The second-order valence-corrected chi connectivity index (χ2v) is 5.32. The van der Waals surface area contributed by atoms with Crippen LogP contribution in [0.2, 0.25) is 0 Å². The summed E-state index contributed by atoms with van der Waals surface area (Å²) in [6.07, 6.45) is 3.20. The van der Waals surface area contributed by atoms with Crippen molar-refractivity contribution in [3.8, 4) is 10.4 Å². The van der Waals surface area contributed by atoms with Gasteiger partial charge in [-0.05, 0) is 37.0 Å². The number of benzene rings is 1. The van der Waals surface area contributed by atoms with Gasteiger partial charge in [-0.2, -0.15) is 0 Å². The summed E-state index contributed by atoms with van der Waals surface area (Å²) in [5.41, 5.74) is 3.95. The van der Waals surface area contributed by atoms with Crippen molar-refractivity contribution in [2.75, 3.05) is 13.6 Å². The van der Waals surface area contributed by atoms with Crippen molar-refractivity contribution in [2.24, 2.45) is 0 Å². The number of nitrogens with one attached hydrogen (secondary N) is 2. The number of aromatic amines is 1. The highest BCUT2D eigenvalue weighted by Gasteiger charge is 2.08. The molecular weight excluding hydrogens is 240 g/mol. The summed E-state index contributed by atoms with van der Waals surface area (Å²) in [4.78, 5) is 4.75. The number of rotatable bonds is 4. The molecule has 0 spiro atoms. The van der Waals surface area contributed by atoms with Gasteiger partial charge < -0.3 is 10.3 Å². The first-order valence-electron chi connectivity index (χ1n) is 6.17. The molecule has 0 saturated carbocycles. The van der Waals surface area contributed by atoms with E-state index in [2.05, 4.69) is 52.2 Å². The second kappa shape index (κ2) is 4.96. The van der Waals surface area contributed by atoms with Crippen molar-refractivity contribution in [3.63, 3.8) is 0 Å². The van der Waals surface area contributed by atoms with Crippen LogP contribution in [-0.2, 0) is 6.42 Å². The predicted molar refractivity (Wildman–Crippen MR) is 79.2 cm³/mol. The standard InChI is InChI=1S/C15H16N2S/c1-16-8-7-11-10-17-15-12(11)4-2-5-13(15)14-6-3-9-18-14/h2-6,9-10,16-17H,7-8H2,1H3. The van der Waals surface area contributed by atoms with Crippen LogP contribution in [0.15, 0.2) is 41.9 Å². The molecule has 3 aromatic rings. The van der Waals surface area contributed by atoms with Gasteiger partial charge in [-0.15, -0.1) is 11.3 Å². The molecule has 3 heteroatoms. The third kappa shape index (κ3) is 1.96. The number of hydrogen-bond acceptors (Lipinski definition) is 2. The Balaban J connectivity index is 2.10. The fourth-order valence-electron chi connectivity index (χ4n) is 2.32. The van der Waals surface area contributed by atoms with E-state index in [1.807, 2.05) is 7.05 Å². The zero-order valence-electron chi connectivity index (χ0n) is 10.4. The molecule has 0 aliphatic carbocycles. The number of hydrogen-bond donors (Lipinski definition) is 2. The Kier molecular flexibility index (Phi) is 3.17. The van der Waals surface area contributed by atoms with Crippen LogP contribution in [0.3, 0.4) is 0 Å². The van der Waals surface area contributed by atoms with E-state index < -0.39 is 0 Å². The summed E-state index contributed by atoms with van der Waals surface area (Å²) in [7, 11) is 1.99. The van der Waals surface area contributed by atoms with Gasteiger partial charge in [0.1, 0.15) is 0 Å². The highest BCUT2D eigenvalue weighted by molar-refractivity contribution is 7.13. The van der Waals surface area contributed by atoms with Crippen LogP contribution in [0.5, 0.6) is 0 Å². The lowest BCUT2D eigenvalue weighted by Crippen LogP contribution is -2.09. The van der Waals surface area contributed by atoms with Crippen molar-refractivity contribution in [2.45, 2.75) is 6.42 Å². The molecule has 3 rings (SSSR count). The summed E-state index contributed by atoms with van der Waals surface area (Å²) in [5.74, 6) is 0. The fraction of sp³-hybridized carbons (Fsp3) is 0.200. The van der Waals surface area contributed by atoms with E-state index in [-0.39, 0.29) is 0 Å². The smallest absolute Gasteiger partial charge is 0.0544 e. The number of likely N-dealkylation sites (N-methyl/N-ethyl adjacent to an activating group) is 1. The number of fused-ring (bicyclic) bond motifs is 1. The Bertz CT molecular complexity index is 638. The maximum atomic E-state index is 3.43. The molecule has 18 heavy (non-hydrogen) atoms. The van der Waals surface area contributed by atoms with Crippen molar-refractivity contribution in [1.29, 1.82) is 0 Å². The van der Waals surface area contributed by atoms with Crippen LogP contribution < -0.4 is 5.32 Å². The minimum absolute atomic E-state index is 1.01. The summed E-state index contributed by atoms with van der Waals surface area (Å²) in [6.45, 7) is 1.01. The summed E-state index contributed by atoms with van der Waals surface area (Å²) >= 11 is 1.79. The Hall–Kier alpha value is -1.58. The van der Waals surface area contributed by atoms with E-state index in [1.165, 1.54) is 26.9 Å². The molecule has 2 N–H and O–H groups in total. The average molecular weight is 256 g/mol. The van der Waals surface area contributed by atoms with Gasteiger partial charge in [0.2, 0.25) is 0 Å². The Morgan fingerprint density at radius 2 is 2.17 bits per heavy atom. The van der Waals surface area contributed by atoms with Crippen LogP contribution >= 0.6 is 11.3 Å². The van der Waals surface area contributed by atoms with Crippen LogP contribution in [0.4, 0.5) is 0 Å². The Labute approximate surface area is 111 Å². The molecule has 0 unspecified atom stereocenters. The van der Waals surface area contributed by atoms with Crippen molar-refractivity contribution in [1.82, 2.24) is 10.3 Å². The van der Waals surface area contributed by atoms with E-state index in [0.29, 0.717) is 0 Å². The Morgan fingerprint density at radius 3 is 2.94 bits per heavy atom. The Morgan fingerprint density at radius 1 is 1.22 bits per heavy atom. The normalized spacial score (nSPS) is 11.2. The molecule has 92 valence electrons. The minimum Gasteiger partial charge on any atom is -0.360 e. The maximum absolute atomic E-state index is 3.43. The van der Waals surface area contributed by atoms with Gasteiger partial charge in [-0.3, -0.25) is 0 Å². The van der Waals surface area contributed by atoms with Gasteiger partial charge in [-0.1, -0.05) is 24.3 Å². The molecule has 2 heterocycles. The van der Waals surface area contributed by atoms with E-state index in [1.54, 1.807) is 11.3 Å². The molecule has 0 fully saturated rings. The minimum atomic E-state index is 1.01. The summed E-state index contributed by atoms with van der Waals surface area (Å²) in [5, 5.41) is 6.67. The first kappa shape index (κ1) is 11.5. The molecule has 0 atom stereocenters. The van der Waals surface area contributed by atoms with Gasteiger partial charge in [0, 0.05) is 22.0 Å². The van der Waals surface area contributed by atoms with Gasteiger partial charge in [-0.25, -0.2) is 0 Å². The third-order valence-corrected chi connectivity index (χ3v) is 4.14. The maximum Gasteiger partial charge on any atom is 0.0544 e. The van der Waals surface area contributed by atoms with Gasteiger partial charge in [0.15, 0.2) is 0 Å². The molecule has 0 bridgehead atoms. The van der Waals surface area contributed by atoms with Crippen LogP contribution in [-0.4, -0.2) is 18.6 Å². The molecule has 0 radical (unpaired) electrons. The molecule has 2 aromatic heterocycles. The average Bonchev–Trinajstić information content (AvgIpc) is 3.05. The molecule has 0 aliphatic rings. The highest BCUT2D eigenvalue weighted by atomic mass is 32.1. The number of aromatic nitrogens is 1. The first-order chi connectivity index (χ1) is 8.90. The van der Waals surface area contributed by atoms with Crippen LogP contribution in [0, 0.1) is 0 Å². The molecule has 2 nitrogen and oxygen atoms in total. The highest BCUT2D eigenvalue weighted by Crippen LogP contribution is 2.32. The lowest BCUT2D eigenvalue weighted by atomic mass is 10.1. The fourth-order valence-corrected chi connectivity index (χ4v) is 3.07. The topological polar surface area (TPSA) is 27.8 Å². The van der Waals surface area contributed by atoms with E-state index in [9.17, 15) is 0 Å². The van der Waals surface area contributed by atoms with Crippen molar-refractivity contribution in [3.05, 3.63) is 47.5 Å². The third-order valence-electron chi connectivity index (χ3n) is 3.23. The lowest BCUT2D eigenvalue weighted by molar-refractivity contribution is 0.795. The monoisotopic (exact) mass is 256 g/mol. The van der Waals surface area contributed by atoms with E-state index in [4.69, 9.17) is 0 Å². The molecular formula is C15H16N2S. The van der Waals surface area contributed by atoms with Gasteiger partial charge in [0.25, 0.3) is 0 Å². The van der Waals surface area contributed by atoms with Crippen LogP contribution in [0.1, 0.15) is 5.56 Å². The summed E-state index contributed by atoms with van der Waals surface area (Å²) in [6, 6.07) is 10.8.